The fraction of sp³-hybridized carbons (Fsp3) is 0.100. The van der Waals surface area contributed by atoms with Crippen LogP contribution in [0.15, 0.2) is 28.9 Å². The highest BCUT2D eigenvalue weighted by molar-refractivity contribution is 9.10. The van der Waals surface area contributed by atoms with Crippen molar-refractivity contribution in [3.8, 4) is 0 Å². The lowest BCUT2D eigenvalue weighted by Crippen LogP contribution is -2.07. The maximum absolute atomic E-state index is 13.5. The van der Waals surface area contributed by atoms with Crippen LogP contribution in [0.3, 0.4) is 0 Å². The highest BCUT2D eigenvalue weighted by atomic mass is 79.9. The van der Waals surface area contributed by atoms with Crippen molar-refractivity contribution in [1.82, 2.24) is 9.78 Å². The third-order valence-corrected chi connectivity index (χ3v) is 2.95. The largest absolute Gasteiger partial charge is 0.383 e. The molecule has 1 aromatic heterocycles. The zero-order valence-electron chi connectivity index (χ0n) is 8.12. The van der Waals surface area contributed by atoms with Gasteiger partial charge in [-0.3, -0.25) is 0 Å². The van der Waals surface area contributed by atoms with E-state index in [9.17, 15) is 4.39 Å². The van der Waals surface area contributed by atoms with Gasteiger partial charge in [-0.25, -0.2) is 9.07 Å². The van der Waals surface area contributed by atoms with Gasteiger partial charge in [-0.2, -0.15) is 5.10 Å². The third-order valence-electron chi connectivity index (χ3n) is 2.16. The highest BCUT2D eigenvalue weighted by Crippen LogP contribution is 2.21. The smallest absolute Gasteiger partial charge is 0.140 e. The number of halogens is 3. The van der Waals surface area contributed by atoms with Crippen LogP contribution < -0.4 is 5.73 Å². The van der Waals surface area contributed by atoms with E-state index in [4.69, 9.17) is 17.3 Å². The Morgan fingerprint density at radius 1 is 1.50 bits per heavy atom. The molecule has 6 heteroatoms. The summed E-state index contributed by atoms with van der Waals surface area (Å²) in [6, 6.07) is 4.71. The van der Waals surface area contributed by atoms with Crippen LogP contribution in [0, 0.1) is 5.82 Å². The number of hydrogen-bond acceptors (Lipinski definition) is 2. The summed E-state index contributed by atoms with van der Waals surface area (Å²) >= 11 is 9.04. The van der Waals surface area contributed by atoms with Crippen LogP contribution in [0.1, 0.15) is 5.56 Å². The molecule has 3 nitrogen and oxygen atoms in total. The number of benzene rings is 1. The number of nitrogens with two attached hydrogens (primary N) is 1. The second kappa shape index (κ2) is 4.43. The number of anilines is 1. The summed E-state index contributed by atoms with van der Waals surface area (Å²) in [5.41, 5.74) is 6.17. The summed E-state index contributed by atoms with van der Waals surface area (Å²) in [7, 11) is 0. The summed E-state index contributed by atoms with van der Waals surface area (Å²) < 4.78 is 15.7. The summed E-state index contributed by atoms with van der Waals surface area (Å²) in [5.74, 6) is 0.0373. The first-order chi connectivity index (χ1) is 7.58. The van der Waals surface area contributed by atoms with Gasteiger partial charge < -0.3 is 5.73 Å². The molecule has 1 aromatic carbocycles. The quantitative estimate of drug-likeness (QED) is 0.926. The molecule has 0 aliphatic heterocycles. The van der Waals surface area contributed by atoms with E-state index in [1.165, 1.54) is 16.9 Å². The normalized spacial score (nSPS) is 10.7. The molecular formula is C10H8BrClFN3. The van der Waals surface area contributed by atoms with E-state index in [-0.39, 0.29) is 12.4 Å². The average molecular weight is 305 g/mol. The van der Waals surface area contributed by atoms with Crippen molar-refractivity contribution in [2.45, 2.75) is 6.54 Å². The molecule has 0 fully saturated rings. The summed E-state index contributed by atoms with van der Waals surface area (Å²) in [6.45, 7) is 0.254. The average Bonchev–Trinajstić information content (AvgIpc) is 2.55. The van der Waals surface area contributed by atoms with Gasteiger partial charge in [-0.05, 0) is 18.2 Å². The van der Waals surface area contributed by atoms with Crippen molar-refractivity contribution in [1.29, 1.82) is 0 Å². The molecule has 0 atom stereocenters. The molecule has 0 unspecified atom stereocenters. The maximum Gasteiger partial charge on any atom is 0.140 e. The zero-order valence-corrected chi connectivity index (χ0v) is 10.5. The molecule has 2 rings (SSSR count). The van der Waals surface area contributed by atoms with E-state index in [1.807, 2.05) is 0 Å². The molecule has 0 radical (unpaired) electrons. The van der Waals surface area contributed by atoms with Gasteiger partial charge in [0, 0.05) is 10.0 Å². The molecule has 0 saturated heterocycles. The van der Waals surface area contributed by atoms with E-state index < -0.39 is 0 Å². The van der Waals surface area contributed by atoms with E-state index in [0.717, 1.165) is 4.47 Å². The lowest BCUT2D eigenvalue weighted by Gasteiger charge is -2.06. The Morgan fingerprint density at radius 3 is 2.88 bits per heavy atom. The van der Waals surface area contributed by atoms with E-state index in [2.05, 4.69) is 21.0 Å². The van der Waals surface area contributed by atoms with Crippen molar-refractivity contribution in [3.05, 3.63) is 45.3 Å². The number of hydrogen-bond donors (Lipinski definition) is 1. The Kier molecular flexibility index (Phi) is 3.16. The van der Waals surface area contributed by atoms with Crippen LogP contribution in [-0.4, -0.2) is 9.78 Å². The highest BCUT2D eigenvalue weighted by Gasteiger charge is 2.08. The molecular weight excluding hydrogens is 296 g/mol. The van der Waals surface area contributed by atoms with Crippen LogP contribution >= 0.6 is 27.5 Å². The Hall–Kier alpha value is -1.07. The van der Waals surface area contributed by atoms with Crippen molar-refractivity contribution < 1.29 is 4.39 Å². The Labute approximate surface area is 105 Å². The molecule has 0 aliphatic rings. The summed E-state index contributed by atoms with van der Waals surface area (Å²) in [4.78, 5) is 0. The molecule has 0 aliphatic carbocycles. The van der Waals surface area contributed by atoms with Gasteiger partial charge in [0.2, 0.25) is 0 Å². The first-order valence-electron chi connectivity index (χ1n) is 4.48. The second-order valence-corrected chi connectivity index (χ2v) is 4.59. The van der Waals surface area contributed by atoms with Crippen LogP contribution in [0.2, 0.25) is 5.02 Å². The molecule has 2 N–H and O–H groups in total. The molecule has 2 aromatic rings. The van der Waals surface area contributed by atoms with Gasteiger partial charge in [0.25, 0.3) is 0 Å². The molecule has 0 spiro atoms. The van der Waals surface area contributed by atoms with Gasteiger partial charge >= 0.3 is 0 Å². The lowest BCUT2D eigenvalue weighted by atomic mass is 10.2. The first kappa shape index (κ1) is 11.4. The Bertz CT molecular complexity index is 527. The third kappa shape index (κ3) is 2.20. The fourth-order valence-electron chi connectivity index (χ4n) is 1.32. The molecule has 0 bridgehead atoms. The van der Waals surface area contributed by atoms with Crippen molar-refractivity contribution in [2.75, 3.05) is 5.73 Å². The molecule has 84 valence electrons. The minimum atomic E-state index is -0.297. The Morgan fingerprint density at radius 2 is 2.25 bits per heavy atom. The summed E-state index contributed by atoms with van der Waals surface area (Å²) in [6.07, 6.45) is 1.44. The minimum absolute atomic E-state index is 0.254. The monoisotopic (exact) mass is 303 g/mol. The summed E-state index contributed by atoms with van der Waals surface area (Å²) in [5, 5.41) is 4.33. The van der Waals surface area contributed by atoms with Gasteiger partial charge in [0.15, 0.2) is 0 Å². The lowest BCUT2D eigenvalue weighted by molar-refractivity contribution is 0.587. The predicted octanol–water partition coefficient (Wildman–Crippen LogP) is 3.07. The molecule has 1 heterocycles. The van der Waals surface area contributed by atoms with Crippen molar-refractivity contribution in [2.24, 2.45) is 0 Å². The van der Waals surface area contributed by atoms with Crippen LogP contribution in [0.25, 0.3) is 0 Å². The van der Waals surface area contributed by atoms with Gasteiger partial charge in [-0.1, -0.05) is 27.5 Å². The predicted molar refractivity (Wildman–Crippen MR) is 64.9 cm³/mol. The topological polar surface area (TPSA) is 43.8 Å². The van der Waals surface area contributed by atoms with Crippen molar-refractivity contribution >= 4 is 33.3 Å². The van der Waals surface area contributed by atoms with Crippen LogP contribution in [0.4, 0.5) is 10.2 Å². The van der Waals surface area contributed by atoms with Crippen molar-refractivity contribution in [3.63, 3.8) is 0 Å². The van der Waals surface area contributed by atoms with Gasteiger partial charge in [-0.15, -0.1) is 0 Å². The van der Waals surface area contributed by atoms with E-state index in [1.54, 1.807) is 12.1 Å². The minimum Gasteiger partial charge on any atom is -0.383 e. The molecule has 0 amide bonds. The van der Waals surface area contributed by atoms with Crippen LogP contribution in [0.5, 0.6) is 0 Å². The number of aromatic nitrogens is 2. The zero-order chi connectivity index (χ0) is 11.7. The van der Waals surface area contributed by atoms with E-state index in [0.29, 0.717) is 16.4 Å². The number of nitrogen functional groups attached to an aromatic ring is 1. The maximum atomic E-state index is 13.5. The molecule has 0 saturated carbocycles. The SMILES string of the molecule is Nc1c(Cl)cnn1Cc1cc(Br)ccc1F. The fourth-order valence-corrected chi connectivity index (χ4v) is 1.87. The molecule has 16 heavy (non-hydrogen) atoms. The number of rotatable bonds is 2. The Balaban J connectivity index is 2.33. The van der Waals surface area contributed by atoms with Gasteiger partial charge in [0.1, 0.15) is 16.7 Å². The standard InChI is InChI=1S/C10H8BrClFN3/c11-7-1-2-9(13)6(3-7)5-16-10(14)8(12)4-15-16/h1-4H,5,14H2. The van der Waals surface area contributed by atoms with E-state index >= 15 is 0 Å². The second-order valence-electron chi connectivity index (χ2n) is 3.27. The van der Waals surface area contributed by atoms with Gasteiger partial charge in [0.05, 0.1) is 12.7 Å². The first-order valence-corrected chi connectivity index (χ1v) is 5.65. The number of nitrogens with zero attached hydrogens (tertiary/aromatic N) is 2. The van der Waals surface area contributed by atoms with Crippen LogP contribution in [-0.2, 0) is 6.54 Å².